The molecule has 2 aliphatic heterocycles. The molecule has 1 N–H and O–H groups in total. The zero-order valence-corrected chi connectivity index (χ0v) is 15.4. The van der Waals surface area contributed by atoms with Crippen LogP contribution in [0.4, 0.5) is 5.82 Å². The zero-order chi connectivity index (χ0) is 18.6. The minimum Gasteiger partial charge on any atom is -0.367 e. The summed E-state index contributed by atoms with van der Waals surface area (Å²) in [5, 5.41) is 4.51. The summed E-state index contributed by atoms with van der Waals surface area (Å²) in [6.07, 6.45) is 9.31. The highest BCUT2D eigenvalue weighted by Gasteiger charge is 2.46. The predicted octanol–water partition coefficient (Wildman–Crippen LogP) is 3.29. The highest BCUT2D eigenvalue weighted by Crippen LogP contribution is 2.38. The molecule has 3 aliphatic rings. The summed E-state index contributed by atoms with van der Waals surface area (Å²) in [7, 11) is 0. The molecule has 0 radical (unpaired) electrons. The number of fused-ring (bicyclic) bond motifs is 2. The number of hydrogen-bond acceptors (Lipinski definition) is 5. The van der Waals surface area contributed by atoms with Crippen LogP contribution in [0.25, 0.3) is 11.0 Å². The summed E-state index contributed by atoms with van der Waals surface area (Å²) >= 11 is 0. The van der Waals surface area contributed by atoms with E-state index in [-0.39, 0.29) is 11.9 Å². The molecular weight excluding hydrogens is 338 g/mol. The number of amidine groups is 1. The number of nitrogens with one attached hydrogen (secondary N) is 1. The topological polar surface area (TPSA) is 70.5 Å². The maximum Gasteiger partial charge on any atom is 0.237 e. The van der Waals surface area contributed by atoms with Crippen molar-refractivity contribution in [3.63, 3.8) is 0 Å². The second-order valence-electron chi connectivity index (χ2n) is 7.98. The summed E-state index contributed by atoms with van der Waals surface area (Å²) < 4.78 is 0. The molecule has 4 heterocycles. The monoisotopic (exact) mass is 359 g/mol. The molecule has 0 spiro atoms. The van der Waals surface area contributed by atoms with Crippen LogP contribution in [0.2, 0.25) is 0 Å². The first-order valence-electron chi connectivity index (χ1n) is 9.31. The minimum atomic E-state index is -0.493. The summed E-state index contributed by atoms with van der Waals surface area (Å²) in [4.78, 5) is 28.2. The lowest BCUT2D eigenvalue weighted by Crippen LogP contribution is -2.58. The van der Waals surface area contributed by atoms with Gasteiger partial charge in [-0.1, -0.05) is 6.08 Å². The molecule has 0 bridgehead atoms. The molecule has 1 saturated carbocycles. The maximum atomic E-state index is 13.0. The van der Waals surface area contributed by atoms with E-state index in [2.05, 4.69) is 20.3 Å². The van der Waals surface area contributed by atoms with Gasteiger partial charge in [-0.25, -0.2) is 15.0 Å². The Morgan fingerprint density at radius 2 is 2.07 bits per heavy atom. The Balaban J connectivity index is 1.30. The minimum absolute atomic E-state index is 0.130. The Kier molecular flexibility index (Phi) is 3.44. The Bertz CT molecular complexity index is 1030. The number of nitrogens with zero attached hydrogens (tertiary/aromatic N) is 4. The largest absolute Gasteiger partial charge is 0.367 e. The van der Waals surface area contributed by atoms with E-state index < -0.39 is 5.41 Å². The number of anilines is 1. The molecule has 136 valence electrons. The van der Waals surface area contributed by atoms with Gasteiger partial charge in [0.05, 0.1) is 5.41 Å². The third kappa shape index (κ3) is 2.63. The molecule has 27 heavy (non-hydrogen) atoms. The fraction of sp³-hybridized carbons (Fsp3) is 0.333. The van der Waals surface area contributed by atoms with Crippen LogP contribution in [0.5, 0.6) is 0 Å². The number of pyridine rings is 2. The maximum absolute atomic E-state index is 13.0. The number of hydrogen-bond donors (Lipinski definition) is 1. The molecule has 5 rings (SSSR count). The number of carbonyl (C=O) groups is 1. The standard InChI is InChI=1S/C21H21N5O/c1-21(2)12-14-7-9-23-19(14)26(20(21)27)16-10-15(11-16)24-17-6-5-13-4-3-8-22-18(13)25-17/h3-9,12,15-16H,10-11H2,1-2H3,(H,22,24,25)/t15-,16-. The van der Waals surface area contributed by atoms with E-state index in [4.69, 9.17) is 0 Å². The zero-order valence-electron chi connectivity index (χ0n) is 15.4. The molecule has 0 unspecified atom stereocenters. The molecule has 0 saturated heterocycles. The lowest BCUT2D eigenvalue weighted by molar-refractivity contribution is -0.137. The van der Waals surface area contributed by atoms with Gasteiger partial charge in [-0.05, 0) is 57.0 Å². The van der Waals surface area contributed by atoms with Gasteiger partial charge in [0.2, 0.25) is 5.91 Å². The summed E-state index contributed by atoms with van der Waals surface area (Å²) in [5.41, 5.74) is 1.30. The second kappa shape index (κ2) is 5.74. The predicted molar refractivity (Wildman–Crippen MR) is 105 cm³/mol. The Morgan fingerprint density at radius 1 is 1.22 bits per heavy atom. The van der Waals surface area contributed by atoms with Crippen molar-refractivity contribution in [1.29, 1.82) is 0 Å². The molecule has 6 heteroatoms. The first kappa shape index (κ1) is 16.2. The number of rotatable bonds is 3. The van der Waals surface area contributed by atoms with Crippen LogP contribution in [0.15, 0.2) is 59.4 Å². The Morgan fingerprint density at radius 3 is 2.93 bits per heavy atom. The smallest absolute Gasteiger partial charge is 0.237 e. The van der Waals surface area contributed by atoms with Crippen LogP contribution in [-0.2, 0) is 4.79 Å². The molecule has 1 aliphatic carbocycles. The van der Waals surface area contributed by atoms with Gasteiger partial charge in [0, 0.05) is 35.4 Å². The third-order valence-corrected chi connectivity index (χ3v) is 5.52. The van der Waals surface area contributed by atoms with Gasteiger partial charge in [-0.15, -0.1) is 0 Å². The number of aromatic nitrogens is 2. The van der Waals surface area contributed by atoms with Gasteiger partial charge in [0.15, 0.2) is 5.65 Å². The first-order chi connectivity index (χ1) is 13.0. The van der Waals surface area contributed by atoms with E-state index in [1.807, 2.05) is 55.2 Å². The highest BCUT2D eigenvalue weighted by molar-refractivity contribution is 6.15. The third-order valence-electron chi connectivity index (χ3n) is 5.52. The number of amides is 1. The first-order valence-corrected chi connectivity index (χ1v) is 9.31. The highest BCUT2D eigenvalue weighted by atomic mass is 16.2. The molecular formula is C21H21N5O. The Labute approximate surface area is 157 Å². The van der Waals surface area contributed by atoms with Crippen LogP contribution in [0.1, 0.15) is 26.7 Å². The normalized spacial score (nSPS) is 25.7. The summed E-state index contributed by atoms with van der Waals surface area (Å²) in [5.74, 6) is 1.76. The van der Waals surface area contributed by atoms with Crippen molar-refractivity contribution >= 4 is 28.6 Å². The Hall–Kier alpha value is -3.02. The van der Waals surface area contributed by atoms with Crippen molar-refractivity contribution in [1.82, 2.24) is 14.9 Å². The van der Waals surface area contributed by atoms with Gasteiger partial charge in [-0.3, -0.25) is 9.69 Å². The lowest BCUT2D eigenvalue weighted by Gasteiger charge is -2.47. The lowest BCUT2D eigenvalue weighted by atomic mass is 9.79. The van der Waals surface area contributed by atoms with Crippen LogP contribution >= 0.6 is 0 Å². The van der Waals surface area contributed by atoms with Crippen molar-refractivity contribution < 1.29 is 4.79 Å². The molecule has 2 aromatic heterocycles. The van der Waals surface area contributed by atoms with E-state index in [0.29, 0.717) is 6.04 Å². The summed E-state index contributed by atoms with van der Waals surface area (Å²) in [6, 6.07) is 8.40. The quantitative estimate of drug-likeness (QED) is 0.913. The van der Waals surface area contributed by atoms with E-state index in [0.717, 1.165) is 41.1 Å². The molecule has 2 aromatic rings. The molecule has 1 amide bonds. The van der Waals surface area contributed by atoms with Crippen LogP contribution in [0.3, 0.4) is 0 Å². The van der Waals surface area contributed by atoms with Crippen molar-refractivity contribution in [3.8, 4) is 0 Å². The van der Waals surface area contributed by atoms with Crippen molar-refractivity contribution in [3.05, 3.63) is 54.4 Å². The van der Waals surface area contributed by atoms with Crippen LogP contribution < -0.4 is 5.32 Å². The van der Waals surface area contributed by atoms with Crippen molar-refractivity contribution in [2.45, 2.75) is 38.8 Å². The van der Waals surface area contributed by atoms with E-state index >= 15 is 0 Å². The average molecular weight is 359 g/mol. The van der Waals surface area contributed by atoms with Crippen LogP contribution in [0, 0.1) is 5.41 Å². The van der Waals surface area contributed by atoms with E-state index in [9.17, 15) is 4.79 Å². The number of carbonyl (C=O) groups excluding carboxylic acids is 1. The molecule has 0 aromatic carbocycles. The van der Waals surface area contributed by atoms with Gasteiger partial charge >= 0.3 is 0 Å². The van der Waals surface area contributed by atoms with Crippen molar-refractivity contribution in [2.24, 2.45) is 10.4 Å². The van der Waals surface area contributed by atoms with Crippen LogP contribution in [-0.4, -0.2) is 38.7 Å². The summed E-state index contributed by atoms with van der Waals surface area (Å²) in [6.45, 7) is 3.94. The average Bonchev–Trinajstić information content (AvgIpc) is 3.06. The SMILES string of the molecule is CC1(C)C=C2C=CN=C2N([C@H]2C[C@H](Nc3ccc4cccnc4n3)C2)C1=O. The fourth-order valence-electron chi connectivity index (χ4n) is 4.01. The van der Waals surface area contributed by atoms with Gasteiger partial charge < -0.3 is 5.32 Å². The fourth-order valence-corrected chi connectivity index (χ4v) is 4.01. The van der Waals surface area contributed by atoms with Gasteiger partial charge in [-0.2, -0.15) is 0 Å². The van der Waals surface area contributed by atoms with Gasteiger partial charge in [0.1, 0.15) is 11.7 Å². The molecule has 6 nitrogen and oxygen atoms in total. The van der Waals surface area contributed by atoms with E-state index in [1.165, 1.54) is 0 Å². The molecule has 0 atom stereocenters. The van der Waals surface area contributed by atoms with Gasteiger partial charge in [0.25, 0.3) is 0 Å². The van der Waals surface area contributed by atoms with E-state index in [1.54, 1.807) is 12.4 Å². The molecule has 1 fully saturated rings. The number of aliphatic imine (C=N–C) groups is 1. The second-order valence-corrected chi connectivity index (χ2v) is 7.98. The van der Waals surface area contributed by atoms with Crippen molar-refractivity contribution in [2.75, 3.05) is 5.32 Å².